The van der Waals surface area contributed by atoms with Crippen molar-refractivity contribution in [2.75, 3.05) is 0 Å². The highest BCUT2D eigenvalue weighted by Crippen LogP contribution is 2.56. The second kappa shape index (κ2) is 11.6. The molecule has 0 saturated heterocycles. The van der Waals surface area contributed by atoms with Gasteiger partial charge in [0.2, 0.25) is 0 Å². The molecule has 1 aliphatic rings. The van der Waals surface area contributed by atoms with E-state index in [1.54, 1.807) is 10.6 Å². The van der Waals surface area contributed by atoms with Gasteiger partial charge in [0.25, 0.3) is 0 Å². The van der Waals surface area contributed by atoms with Crippen LogP contribution in [0.1, 0.15) is 48.4 Å². The molecule has 0 heterocycles. The summed E-state index contributed by atoms with van der Waals surface area (Å²) in [6, 6.07) is 37.4. The van der Waals surface area contributed by atoms with Crippen molar-refractivity contribution < 1.29 is 0 Å². The molecule has 0 spiro atoms. The minimum absolute atomic E-state index is 0.401. The van der Waals surface area contributed by atoms with Crippen LogP contribution in [-0.4, -0.2) is 11.3 Å². The average molecular weight is 523 g/mol. The minimum Gasteiger partial charge on any atom is -0.0622 e. The van der Waals surface area contributed by atoms with Gasteiger partial charge in [-0.25, -0.2) is 0 Å². The largest absolute Gasteiger partial charge is 0.0622 e. The molecule has 3 atom stereocenters. The summed E-state index contributed by atoms with van der Waals surface area (Å²) in [5, 5.41) is 6.18. The van der Waals surface area contributed by atoms with Gasteiger partial charge in [0.1, 0.15) is 0 Å². The standard InChI is InChI=1S/C35H40P2/c1-25-19-26(2)22-32(21-25)36(33-23-27(3)20-28(4)24-33)29(5)34-17-12-18-35(34)37(30-13-8-6-9-14-30)31-15-10-7-11-16-31/h6-11,13-16,19-24,29,34-35H,12,17-18H2,1-5H3/t29-,34+,35+/m0/s1. The molecule has 1 saturated carbocycles. The van der Waals surface area contributed by atoms with E-state index in [9.17, 15) is 0 Å². The van der Waals surface area contributed by atoms with Gasteiger partial charge in [0, 0.05) is 0 Å². The number of benzene rings is 4. The molecule has 1 aliphatic carbocycles. The van der Waals surface area contributed by atoms with Crippen LogP contribution in [-0.2, 0) is 0 Å². The van der Waals surface area contributed by atoms with Crippen molar-refractivity contribution in [3.63, 3.8) is 0 Å². The molecule has 2 heteroatoms. The third-order valence-electron chi connectivity index (χ3n) is 7.93. The molecule has 4 aromatic carbocycles. The summed E-state index contributed by atoms with van der Waals surface area (Å²) in [5.41, 5.74) is 6.89. The number of aryl methyl sites for hydroxylation is 4. The van der Waals surface area contributed by atoms with Crippen LogP contribution in [0.15, 0.2) is 97.1 Å². The lowest BCUT2D eigenvalue weighted by Gasteiger charge is -2.37. The van der Waals surface area contributed by atoms with Crippen molar-refractivity contribution in [3.8, 4) is 0 Å². The molecule has 5 rings (SSSR count). The van der Waals surface area contributed by atoms with Gasteiger partial charge in [-0.15, -0.1) is 0 Å². The molecule has 190 valence electrons. The molecule has 4 aromatic rings. The van der Waals surface area contributed by atoms with E-state index >= 15 is 0 Å². The van der Waals surface area contributed by atoms with Crippen molar-refractivity contribution in [1.29, 1.82) is 0 Å². The molecule has 1 fully saturated rings. The Morgan fingerprint density at radius 3 is 1.43 bits per heavy atom. The summed E-state index contributed by atoms with van der Waals surface area (Å²) in [6.07, 6.45) is 4.03. The van der Waals surface area contributed by atoms with E-state index in [0.717, 1.165) is 11.6 Å². The summed E-state index contributed by atoms with van der Waals surface area (Å²) in [7, 11) is -0.868. The highest BCUT2D eigenvalue weighted by molar-refractivity contribution is 7.74. The normalized spacial score (nSPS) is 18.5. The number of hydrogen-bond acceptors (Lipinski definition) is 0. The molecule has 0 N–H and O–H groups in total. The first kappa shape index (κ1) is 26.4. The highest BCUT2D eigenvalue weighted by atomic mass is 31.1. The summed E-state index contributed by atoms with van der Waals surface area (Å²) in [4.78, 5) is 0. The van der Waals surface area contributed by atoms with Gasteiger partial charge in [-0.3, -0.25) is 0 Å². The lowest BCUT2D eigenvalue weighted by Crippen LogP contribution is -2.33. The second-order valence-corrected chi connectivity index (χ2v) is 16.0. The molecule has 37 heavy (non-hydrogen) atoms. The molecule has 0 nitrogen and oxygen atoms in total. The van der Waals surface area contributed by atoms with Gasteiger partial charge in [-0.05, 0) is 94.8 Å². The van der Waals surface area contributed by atoms with Gasteiger partial charge in [-0.2, -0.15) is 0 Å². The minimum atomic E-state index is -0.467. The summed E-state index contributed by atoms with van der Waals surface area (Å²) < 4.78 is 0. The van der Waals surface area contributed by atoms with Crippen LogP contribution >= 0.6 is 15.8 Å². The molecular formula is C35H40P2. The average Bonchev–Trinajstić information content (AvgIpc) is 3.34. The zero-order chi connectivity index (χ0) is 25.9. The van der Waals surface area contributed by atoms with E-state index < -0.39 is 15.8 Å². The van der Waals surface area contributed by atoms with Crippen LogP contribution in [0.25, 0.3) is 0 Å². The Hall–Kier alpha value is -2.26. The van der Waals surface area contributed by atoms with Crippen molar-refractivity contribution in [2.45, 2.75) is 65.2 Å². The van der Waals surface area contributed by atoms with Crippen molar-refractivity contribution in [1.82, 2.24) is 0 Å². The Balaban J connectivity index is 1.60. The van der Waals surface area contributed by atoms with Crippen LogP contribution in [0.5, 0.6) is 0 Å². The molecular weight excluding hydrogens is 482 g/mol. The predicted molar refractivity (Wildman–Crippen MR) is 168 cm³/mol. The number of rotatable bonds is 7. The Kier molecular flexibility index (Phi) is 8.29. The molecule has 0 unspecified atom stereocenters. The first-order chi connectivity index (χ1) is 17.9. The Labute approximate surface area is 227 Å². The van der Waals surface area contributed by atoms with Crippen LogP contribution in [0, 0.1) is 33.6 Å². The molecule has 0 aliphatic heterocycles. The molecule has 0 radical (unpaired) electrons. The van der Waals surface area contributed by atoms with Crippen molar-refractivity contribution in [3.05, 3.63) is 119 Å². The highest BCUT2D eigenvalue weighted by Gasteiger charge is 2.41. The second-order valence-electron chi connectivity index (χ2n) is 11.0. The third kappa shape index (κ3) is 5.93. The van der Waals surface area contributed by atoms with E-state index in [-0.39, 0.29) is 0 Å². The predicted octanol–water partition coefficient (Wildman–Crippen LogP) is 8.04. The fraction of sp³-hybridized carbons (Fsp3) is 0.314. The maximum absolute atomic E-state index is 2.59. The number of hydrogen-bond donors (Lipinski definition) is 0. The summed E-state index contributed by atoms with van der Waals surface area (Å²) in [6.45, 7) is 11.6. The van der Waals surface area contributed by atoms with E-state index in [0.29, 0.717) is 5.66 Å². The first-order valence-corrected chi connectivity index (χ1v) is 16.6. The lowest BCUT2D eigenvalue weighted by atomic mass is 10.0. The van der Waals surface area contributed by atoms with Gasteiger partial charge in [-0.1, -0.05) is 133 Å². The van der Waals surface area contributed by atoms with E-state index in [1.165, 1.54) is 52.1 Å². The van der Waals surface area contributed by atoms with Gasteiger partial charge in [0.05, 0.1) is 0 Å². The molecule has 0 aromatic heterocycles. The van der Waals surface area contributed by atoms with Gasteiger partial charge >= 0.3 is 0 Å². The topological polar surface area (TPSA) is 0 Å². The monoisotopic (exact) mass is 522 g/mol. The summed E-state index contributed by atoms with van der Waals surface area (Å²) >= 11 is 0. The Morgan fingerprint density at radius 2 is 1.00 bits per heavy atom. The molecule has 0 amide bonds. The summed E-state index contributed by atoms with van der Waals surface area (Å²) in [5.74, 6) is 0.722. The van der Waals surface area contributed by atoms with E-state index in [2.05, 4.69) is 132 Å². The Morgan fingerprint density at radius 1 is 0.568 bits per heavy atom. The quantitative estimate of drug-likeness (QED) is 0.216. The zero-order valence-corrected chi connectivity index (χ0v) is 24.8. The zero-order valence-electron chi connectivity index (χ0n) is 23.0. The lowest BCUT2D eigenvalue weighted by molar-refractivity contribution is 0.548. The Bertz CT molecular complexity index is 1200. The molecule has 0 bridgehead atoms. The van der Waals surface area contributed by atoms with Gasteiger partial charge < -0.3 is 0 Å². The van der Waals surface area contributed by atoms with Crippen molar-refractivity contribution >= 4 is 37.1 Å². The third-order valence-corrected chi connectivity index (χ3v) is 13.8. The first-order valence-electron chi connectivity index (χ1n) is 13.8. The maximum Gasteiger partial charge on any atom is -0.00943 e. The smallest absolute Gasteiger partial charge is 0.00943 e. The SMILES string of the molecule is Cc1cc(C)cc(P(c2cc(C)cc(C)c2)[C@@H](C)[C@H]2CCC[C@H]2P(c2ccccc2)c2ccccc2)c1. The van der Waals surface area contributed by atoms with Crippen LogP contribution in [0.4, 0.5) is 0 Å². The fourth-order valence-corrected chi connectivity index (χ4v) is 13.3. The van der Waals surface area contributed by atoms with Crippen LogP contribution < -0.4 is 21.2 Å². The van der Waals surface area contributed by atoms with Crippen LogP contribution in [0.2, 0.25) is 0 Å². The van der Waals surface area contributed by atoms with Crippen LogP contribution in [0.3, 0.4) is 0 Å². The van der Waals surface area contributed by atoms with E-state index in [1.807, 2.05) is 0 Å². The maximum atomic E-state index is 2.59. The van der Waals surface area contributed by atoms with Crippen molar-refractivity contribution in [2.24, 2.45) is 5.92 Å². The van der Waals surface area contributed by atoms with E-state index in [4.69, 9.17) is 0 Å². The fourth-order valence-electron chi connectivity index (χ4n) is 6.55. The van der Waals surface area contributed by atoms with Gasteiger partial charge in [0.15, 0.2) is 0 Å².